The summed E-state index contributed by atoms with van der Waals surface area (Å²) in [5.41, 5.74) is 1.07. The summed E-state index contributed by atoms with van der Waals surface area (Å²) in [5, 5.41) is 2.74. The van der Waals surface area contributed by atoms with Crippen LogP contribution in [0, 0.1) is 5.92 Å². The number of piperidine rings is 1. The lowest BCUT2D eigenvalue weighted by Gasteiger charge is -2.30. The van der Waals surface area contributed by atoms with Crippen LogP contribution in [-0.4, -0.2) is 50.0 Å². The normalized spacial score (nSPS) is 19.9. The van der Waals surface area contributed by atoms with Gasteiger partial charge in [0.25, 0.3) is 0 Å². The molecule has 4 rings (SSSR count). The molecular weight excluding hydrogens is 466 g/mol. The van der Waals surface area contributed by atoms with Crippen molar-refractivity contribution in [1.82, 2.24) is 4.31 Å². The van der Waals surface area contributed by atoms with Gasteiger partial charge in [-0.3, -0.25) is 14.4 Å². The second kappa shape index (κ2) is 9.20. The first-order valence-electron chi connectivity index (χ1n) is 11.8. The van der Waals surface area contributed by atoms with Crippen LogP contribution in [0.2, 0.25) is 0 Å². The summed E-state index contributed by atoms with van der Waals surface area (Å²) in [6.07, 6.45) is 1.83. The van der Waals surface area contributed by atoms with Crippen molar-refractivity contribution in [2.24, 2.45) is 5.92 Å². The Hall–Kier alpha value is -3.04. The van der Waals surface area contributed by atoms with Crippen molar-refractivity contribution >= 4 is 39.0 Å². The topological polar surface area (TPSA) is 104 Å². The molecular formula is C26H31N3O5S. The number of carbonyl (C=O) groups excluding carboxylic acids is 3. The quantitative estimate of drug-likeness (QED) is 0.615. The fourth-order valence-electron chi connectivity index (χ4n) is 4.80. The molecule has 0 spiro atoms. The highest BCUT2D eigenvalue weighted by Crippen LogP contribution is 2.43. The van der Waals surface area contributed by atoms with Crippen molar-refractivity contribution in [1.29, 1.82) is 0 Å². The molecule has 1 N–H and O–H groups in total. The summed E-state index contributed by atoms with van der Waals surface area (Å²) in [5.74, 6) is -0.504. The van der Waals surface area contributed by atoms with E-state index >= 15 is 0 Å². The Morgan fingerprint density at radius 1 is 1.14 bits per heavy atom. The smallest absolute Gasteiger partial charge is 0.244 e. The molecule has 1 fully saturated rings. The third kappa shape index (κ3) is 4.75. The van der Waals surface area contributed by atoms with Crippen LogP contribution in [0.3, 0.4) is 0 Å². The fraction of sp³-hybridized carbons (Fsp3) is 0.423. The number of carbonyl (C=O) groups is 3. The molecule has 9 heteroatoms. The first kappa shape index (κ1) is 25.1. The van der Waals surface area contributed by atoms with E-state index in [0.29, 0.717) is 41.5 Å². The van der Waals surface area contributed by atoms with Gasteiger partial charge in [0.1, 0.15) is 6.54 Å². The summed E-state index contributed by atoms with van der Waals surface area (Å²) < 4.78 is 28.1. The average Bonchev–Trinajstić information content (AvgIpc) is 2.99. The molecule has 2 aliphatic heterocycles. The number of ketones is 1. The Balaban J connectivity index is 1.59. The van der Waals surface area contributed by atoms with Gasteiger partial charge in [0, 0.05) is 30.0 Å². The van der Waals surface area contributed by atoms with Crippen molar-refractivity contribution in [3.63, 3.8) is 0 Å². The predicted molar refractivity (Wildman–Crippen MR) is 134 cm³/mol. The Labute approximate surface area is 206 Å². The number of fused-ring (bicyclic) bond motifs is 1. The standard InChI is InChI=1S/C26H31N3O5S/c1-17-7-6-12-28(15-17)35(33,34)21-10-11-23-22(14-21)26(3,4)25(32)29(23)16-24(31)27-20-9-5-8-19(13-20)18(2)30/h5,8-11,13-14,17H,6-7,12,15-16H2,1-4H3,(H,27,31). The predicted octanol–water partition coefficient (Wildman–Crippen LogP) is 3.57. The van der Waals surface area contributed by atoms with Crippen LogP contribution in [0.25, 0.3) is 0 Å². The van der Waals surface area contributed by atoms with Gasteiger partial charge in [0.05, 0.1) is 10.3 Å². The number of anilines is 2. The Bertz CT molecular complexity index is 1300. The number of amides is 2. The molecule has 1 saturated heterocycles. The van der Waals surface area contributed by atoms with Gasteiger partial charge in [-0.2, -0.15) is 4.31 Å². The molecule has 0 radical (unpaired) electrons. The second-order valence-corrected chi connectivity index (χ2v) is 11.9. The van der Waals surface area contributed by atoms with E-state index in [0.717, 1.165) is 12.8 Å². The molecule has 2 amide bonds. The number of hydrogen-bond acceptors (Lipinski definition) is 5. The number of sulfonamides is 1. The summed E-state index contributed by atoms with van der Waals surface area (Å²) >= 11 is 0. The average molecular weight is 498 g/mol. The van der Waals surface area contributed by atoms with Crippen LogP contribution in [0.4, 0.5) is 11.4 Å². The maximum absolute atomic E-state index is 13.3. The molecule has 35 heavy (non-hydrogen) atoms. The van der Waals surface area contributed by atoms with Gasteiger partial charge < -0.3 is 10.2 Å². The molecule has 2 aromatic carbocycles. The highest BCUT2D eigenvalue weighted by atomic mass is 32.2. The van der Waals surface area contributed by atoms with Crippen molar-refractivity contribution in [2.75, 3.05) is 29.9 Å². The molecule has 2 heterocycles. The van der Waals surface area contributed by atoms with E-state index in [4.69, 9.17) is 0 Å². The Kier molecular flexibility index (Phi) is 6.59. The van der Waals surface area contributed by atoms with Crippen LogP contribution in [0.15, 0.2) is 47.4 Å². The Morgan fingerprint density at radius 2 is 1.89 bits per heavy atom. The van der Waals surface area contributed by atoms with Gasteiger partial charge in [0.2, 0.25) is 21.8 Å². The first-order valence-corrected chi connectivity index (χ1v) is 13.2. The molecule has 186 valence electrons. The molecule has 2 aliphatic rings. The van der Waals surface area contributed by atoms with Crippen molar-refractivity contribution < 1.29 is 22.8 Å². The molecule has 1 atom stereocenters. The zero-order chi connectivity index (χ0) is 25.5. The monoisotopic (exact) mass is 497 g/mol. The van der Waals surface area contributed by atoms with Crippen LogP contribution >= 0.6 is 0 Å². The number of nitrogens with zero attached hydrogens (tertiary/aromatic N) is 2. The third-order valence-electron chi connectivity index (χ3n) is 6.82. The first-order chi connectivity index (χ1) is 16.4. The van der Waals surface area contributed by atoms with E-state index in [2.05, 4.69) is 5.32 Å². The van der Waals surface area contributed by atoms with E-state index in [1.54, 1.807) is 50.2 Å². The lowest BCUT2D eigenvalue weighted by Crippen LogP contribution is -2.40. The fourth-order valence-corrected chi connectivity index (χ4v) is 6.43. The van der Waals surface area contributed by atoms with Gasteiger partial charge in [-0.05, 0) is 75.4 Å². The third-order valence-corrected chi connectivity index (χ3v) is 8.69. The SMILES string of the molecule is CC(=O)c1cccc(NC(=O)CN2C(=O)C(C)(C)c3cc(S(=O)(=O)N4CCCC(C)C4)ccc32)c1. The molecule has 8 nitrogen and oxygen atoms in total. The van der Waals surface area contributed by atoms with Gasteiger partial charge in [-0.25, -0.2) is 8.42 Å². The lowest BCUT2D eigenvalue weighted by molar-refractivity contribution is -0.124. The minimum atomic E-state index is -3.68. The minimum Gasteiger partial charge on any atom is -0.325 e. The molecule has 0 aliphatic carbocycles. The highest BCUT2D eigenvalue weighted by molar-refractivity contribution is 7.89. The highest BCUT2D eigenvalue weighted by Gasteiger charge is 2.45. The molecule has 0 bridgehead atoms. The second-order valence-electron chi connectivity index (χ2n) is 9.99. The lowest BCUT2D eigenvalue weighted by atomic mass is 9.86. The summed E-state index contributed by atoms with van der Waals surface area (Å²) in [6.45, 7) is 7.72. The van der Waals surface area contributed by atoms with Crippen molar-refractivity contribution in [3.05, 3.63) is 53.6 Å². The molecule has 1 unspecified atom stereocenters. The molecule has 0 aromatic heterocycles. The summed E-state index contributed by atoms with van der Waals surface area (Å²) in [6, 6.07) is 11.3. The number of benzene rings is 2. The molecule has 2 aromatic rings. The zero-order valence-corrected chi connectivity index (χ0v) is 21.3. The van der Waals surface area contributed by atoms with Crippen molar-refractivity contribution in [3.8, 4) is 0 Å². The van der Waals surface area contributed by atoms with Gasteiger partial charge >= 0.3 is 0 Å². The number of rotatable bonds is 6. The van der Waals surface area contributed by atoms with Gasteiger partial charge in [0.15, 0.2) is 5.78 Å². The maximum Gasteiger partial charge on any atom is 0.244 e. The van der Waals surface area contributed by atoms with Crippen LogP contribution < -0.4 is 10.2 Å². The van der Waals surface area contributed by atoms with E-state index in [1.807, 2.05) is 6.92 Å². The van der Waals surface area contributed by atoms with Gasteiger partial charge in [-0.1, -0.05) is 19.1 Å². The zero-order valence-electron chi connectivity index (χ0n) is 20.5. The molecule has 0 saturated carbocycles. The van der Waals surface area contributed by atoms with Gasteiger partial charge in [-0.15, -0.1) is 0 Å². The van der Waals surface area contributed by atoms with E-state index in [-0.39, 0.29) is 23.1 Å². The summed E-state index contributed by atoms with van der Waals surface area (Å²) in [4.78, 5) is 39.2. The van der Waals surface area contributed by atoms with Crippen LogP contribution in [-0.2, 0) is 25.0 Å². The van der Waals surface area contributed by atoms with Crippen LogP contribution in [0.1, 0.15) is 56.5 Å². The number of Topliss-reactive ketones (excluding diaryl/α,β-unsaturated/α-hetero) is 1. The number of hydrogen-bond donors (Lipinski definition) is 1. The van der Waals surface area contributed by atoms with E-state index < -0.39 is 21.3 Å². The van der Waals surface area contributed by atoms with E-state index in [9.17, 15) is 22.8 Å². The minimum absolute atomic E-state index is 0.115. The van der Waals surface area contributed by atoms with Crippen LogP contribution in [0.5, 0.6) is 0 Å². The number of nitrogens with one attached hydrogen (secondary N) is 1. The van der Waals surface area contributed by atoms with Crippen molar-refractivity contribution in [2.45, 2.75) is 50.8 Å². The van der Waals surface area contributed by atoms with E-state index in [1.165, 1.54) is 22.2 Å². The Morgan fingerprint density at radius 3 is 2.57 bits per heavy atom. The maximum atomic E-state index is 13.3. The largest absolute Gasteiger partial charge is 0.325 e. The summed E-state index contributed by atoms with van der Waals surface area (Å²) in [7, 11) is -3.68.